The van der Waals surface area contributed by atoms with Crippen molar-refractivity contribution in [3.63, 3.8) is 0 Å². The minimum Gasteiger partial charge on any atom is -0.346 e. The number of hydrogen-bond donors (Lipinski definition) is 1. The number of nitrogens with one attached hydrogen (secondary N) is 1. The van der Waals surface area contributed by atoms with Gasteiger partial charge in [0, 0.05) is 54.0 Å². The van der Waals surface area contributed by atoms with E-state index in [1.165, 1.54) is 11.1 Å². The molecule has 3 nitrogen and oxygen atoms in total. The minimum atomic E-state index is 0.729. The number of anilines is 1. The lowest BCUT2D eigenvalue weighted by Gasteiger charge is -2.36. The maximum absolute atomic E-state index is 6.29. The highest BCUT2D eigenvalue weighted by atomic mass is 35.5. The van der Waals surface area contributed by atoms with E-state index in [1.54, 1.807) is 0 Å². The zero-order chi connectivity index (χ0) is 18.7. The van der Waals surface area contributed by atoms with E-state index in [4.69, 9.17) is 35.4 Å². The van der Waals surface area contributed by atoms with E-state index in [-0.39, 0.29) is 0 Å². The third kappa shape index (κ3) is 4.89. The molecule has 0 saturated carbocycles. The number of benzene rings is 2. The van der Waals surface area contributed by atoms with Crippen molar-refractivity contribution < 1.29 is 0 Å². The average molecular weight is 408 g/mol. The second-order valence-electron chi connectivity index (χ2n) is 6.77. The lowest BCUT2D eigenvalue weighted by atomic mass is 10.1. The van der Waals surface area contributed by atoms with Gasteiger partial charge in [-0.15, -0.1) is 0 Å². The largest absolute Gasteiger partial charge is 0.346 e. The number of hydrogen-bond acceptors (Lipinski definition) is 2. The van der Waals surface area contributed by atoms with Crippen LogP contribution in [-0.4, -0.2) is 41.1 Å². The molecule has 0 aliphatic carbocycles. The first-order valence-electron chi connectivity index (χ1n) is 8.72. The molecular formula is C20H23Cl2N3S. The van der Waals surface area contributed by atoms with Crippen LogP contribution in [0.3, 0.4) is 0 Å². The number of thiocarbonyl (C=S) groups is 1. The summed E-state index contributed by atoms with van der Waals surface area (Å²) in [6.07, 6.45) is 0. The monoisotopic (exact) mass is 407 g/mol. The summed E-state index contributed by atoms with van der Waals surface area (Å²) in [5.41, 5.74) is 4.52. The molecule has 3 rings (SSSR count). The van der Waals surface area contributed by atoms with Gasteiger partial charge in [-0.3, -0.25) is 4.90 Å². The first kappa shape index (κ1) is 19.4. The normalized spacial score (nSPS) is 15.2. The Morgan fingerprint density at radius 2 is 1.58 bits per heavy atom. The molecule has 2 aromatic rings. The average Bonchev–Trinajstić information content (AvgIpc) is 2.58. The fourth-order valence-corrected chi connectivity index (χ4v) is 4.08. The van der Waals surface area contributed by atoms with Gasteiger partial charge in [-0.2, -0.15) is 0 Å². The maximum Gasteiger partial charge on any atom is 0.173 e. The van der Waals surface area contributed by atoms with Crippen LogP contribution in [-0.2, 0) is 6.54 Å². The summed E-state index contributed by atoms with van der Waals surface area (Å²) in [4.78, 5) is 4.58. The summed E-state index contributed by atoms with van der Waals surface area (Å²) in [6, 6.07) is 12.1. The Bertz CT molecular complexity index is 761. The van der Waals surface area contributed by atoms with E-state index in [9.17, 15) is 0 Å². The fraction of sp³-hybridized carbons (Fsp3) is 0.350. The molecule has 0 radical (unpaired) electrons. The molecule has 1 heterocycles. The van der Waals surface area contributed by atoms with E-state index >= 15 is 0 Å². The summed E-state index contributed by atoms with van der Waals surface area (Å²) >= 11 is 18.2. The van der Waals surface area contributed by atoms with Crippen molar-refractivity contribution >= 4 is 46.2 Å². The number of nitrogens with zero attached hydrogens (tertiary/aromatic N) is 2. The zero-order valence-corrected chi connectivity index (χ0v) is 17.4. The topological polar surface area (TPSA) is 18.5 Å². The molecule has 138 valence electrons. The lowest BCUT2D eigenvalue weighted by molar-refractivity contribution is 0.177. The van der Waals surface area contributed by atoms with Crippen LogP contribution in [0.1, 0.15) is 16.7 Å². The Hall–Kier alpha value is -1.33. The molecule has 0 amide bonds. The molecule has 2 aromatic carbocycles. The van der Waals surface area contributed by atoms with Crippen molar-refractivity contribution in [3.05, 3.63) is 63.1 Å². The van der Waals surface area contributed by atoms with Crippen molar-refractivity contribution in [3.8, 4) is 0 Å². The fourth-order valence-electron chi connectivity index (χ4n) is 3.27. The van der Waals surface area contributed by atoms with Crippen LogP contribution in [0.25, 0.3) is 0 Å². The first-order chi connectivity index (χ1) is 12.4. The standard InChI is InChI=1S/C20H23Cl2N3S/c1-14-10-15(2)12-16(11-14)23-20(26)25-8-6-24(7-9-25)13-17-18(21)4-3-5-19(17)22/h3-5,10-12H,6-9,13H2,1-2H3,(H,23,26). The summed E-state index contributed by atoms with van der Waals surface area (Å²) in [7, 11) is 0. The van der Waals surface area contributed by atoms with Crippen molar-refractivity contribution in [2.24, 2.45) is 0 Å². The van der Waals surface area contributed by atoms with Crippen molar-refractivity contribution in [1.29, 1.82) is 0 Å². The quantitative estimate of drug-likeness (QED) is 0.710. The maximum atomic E-state index is 6.29. The van der Waals surface area contributed by atoms with Gasteiger partial charge in [0.15, 0.2) is 5.11 Å². The van der Waals surface area contributed by atoms with Gasteiger partial charge in [-0.05, 0) is 61.5 Å². The first-order valence-corrected chi connectivity index (χ1v) is 9.88. The van der Waals surface area contributed by atoms with Gasteiger partial charge >= 0.3 is 0 Å². The highest BCUT2D eigenvalue weighted by Gasteiger charge is 2.20. The number of rotatable bonds is 3. The van der Waals surface area contributed by atoms with Crippen molar-refractivity contribution in [2.75, 3.05) is 31.5 Å². The minimum absolute atomic E-state index is 0.729. The van der Waals surface area contributed by atoms with Gasteiger partial charge in [-0.1, -0.05) is 35.3 Å². The Balaban J connectivity index is 1.55. The third-order valence-corrected chi connectivity index (χ3v) is 5.64. The van der Waals surface area contributed by atoms with Gasteiger partial charge < -0.3 is 10.2 Å². The molecule has 1 N–H and O–H groups in total. The van der Waals surface area contributed by atoms with Gasteiger partial charge in [0.05, 0.1) is 0 Å². The molecule has 26 heavy (non-hydrogen) atoms. The van der Waals surface area contributed by atoms with Crippen LogP contribution in [0.2, 0.25) is 10.0 Å². The van der Waals surface area contributed by atoms with E-state index in [0.717, 1.165) is 59.1 Å². The van der Waals surface area contributed by atoms with Crippen LogP contribution in [0.4, 0.5) is 5.69 Å². The van der Waals surface area contributed by atoms with Gasteiger partial charge in [-0.25, -0.2) is 0 Å². The molecule has 6 heteroatoms. The van der Waals surface area contributed by atoms with Gasteiger partial charge in [0.25, 0.3) is 0 Å². The molecule has 0 spiro atoms. The van der Waals surface area contributed by atoms with Crippen LogP contribution in [0.15, 0.2) is 36.4 Å². The summed E-state index contributed by atoms with van der Waals surface area (Å²) in [5.74, 6) is 0. The number of halogens is 2. The van der Waals surface area contributed by atoms with E-state index in [2.05, 4.69) is 47.2 Å². The number of aryl methyl sites for hydroxylation is 2. The molecule has 0 aromatic heterocycles. The van der Waals surface area contributed by atoms with Crippen LogP contribution in [0.5, 0.6) is 0 Å². The SMILES string of the molecule is Cc1cc(C)cc(NC(=S)N2CCN(Cc3c(Cl)cccc3Cl)CC2)c1. The van der Waals surface area contributed by atoms with Crippen molar-refractivity contribution in [2.45, 2.75) is 20.4 Å². The van der Waals surface area contributed by atoms with Crippen LogP contribution >= 0.6 is 35.4 Å². The van der Waals surface area contributed by atoms with Crippen LogP contribution < -0.4 is 5.32 Å². The second-order valence-corrected chi connectivity index (χ2v) is 7.97. The summed E-state index contributed by atoms with van der Waals surface area (Å²) < 4.78 is 0. The smallest absolute Gasteiger partial charge is 0.173 e. The second kappa shape index (κ2) is 8.57. The highest BCUT2D eigenvalue weighted by molar-refractivity contribution is 7.80. The molecule has 1 aliphatic rings. The lowest BCUT2D eigenvalue weighted by Crippen LogP contribution is -2.49. The predicted octanol–water partition coefficient (Wildman–Crippen LogP) is 5.12. The van der Waals surface area contributed by atoms with E-state index in [0.29, 0.717) is 0 Å². The molecule has 0 bridgehead atoms. The molecule has 0 unspecified atom stereocenters. The predicted molar refractivity (Wildman–Crippen MR) is 115 cm³/mol. The van der Waals surface area contributed by atoms with Crippen LogP contribution in [0, 0.1) is 13.8 Å². The van der Waals surface area contributed by atoms with Crippen molar-refractivity contribution in [1.82, 2.24) is 9.80 Å². The van der Waals surface area contributed by atoms with Gasteiger partial charge in [0.2, 0.25) is 0 Å². The highest BCUT2D eigenvalue weighted by Crippen LogP contribution is 2.26. The molecular weight excluding hydrogens is 385 g/mol. The Morgan fingerprint density at radius 1 is 1.00 bits per heavy atom. The number of piperazine rings is 1. The summed E-state index contributed by atoms with van der Waals surface area (Å²) in [6.45, 7) is 8.59. The van der Waals surface area contributed by atoms with E-state index in [1.807, 2.05) is 18.2 Å². The summed E-state index contributed by atoms with van der Waals surface area (Å²) in [5, 5.41) is 5.61. The molecule has 1 fully saturated rings. The van der Waals surface area contributed by atoms with Gasteiger partial charge in [0.1, 0.15) is 0 Å². The van der Waals surface area contributed by atoms with E-state index < -0.39 is 0 Å². The Labute approximate surface area is 170 Å². The molecule has 1 aliphatic heterocycles. The third-order valence-electron chi connectivity index (χ3n) is 4.58. The molecule has 0 atom stereocenters. The Morgan fingerprint density at radius 3 is 2.15 bits per heavy atom. The zero-order valence-electron chi connectivity index (χ0n) is 15.1. The Kier molecular flexibility index (Phi) is 6.41. The molecule has 1 saturated heterocycles.